The van der Waals surface area contributed by atoms with Gasteiger partial charge in [-0.2, -0.15) is 13.2 Å². The number of ether oxygens (including phenoxy) is 1. The Labute approximate surface area is 167 Å². The quantitative estimate of drug-likeness (QED) is 0.472. The van der Waals surface area contributed by atoms with Gasteiger partial charge in [-0.1, -0.05) is 25.1 Å². The summed E-state index contributed by atoms with van der Waals surface area (Å²) in [6.07, 6.45) is -3.96. The third kappa shape index (κ3) is 5.46. The van der Waals surface area contributed by atoms with E-state index in [1.807, 2.05) is 6.92 Å². The summed E-state index contributed by atoms with van der Waals surface area (Å²) in [5.41, 5.74) is 11.0. The number of hydrogen-bond donors (Lipinski definition) is 4. The number of nitrogens with two attached hydrogens (primary N) is 2. The van der Waals surface area contributed by atoms with Gasteiger partial charge in [0.15, 0.2) is 0 Å². The third-order valence-corrected chi connectivity index (χ3v) is 4.32. The van der Waals surface area contributed by atoms with Crippen LogP contribution in [0.3, 0.4) is 0 Å². The molecule has 9 heteroatoms. The smallest absolute Gasteiger partial charge is 0.418 e. The molecule has 6 N–H and O–H groups in total. The van der Waals surface area contributed by atoms with E-state index in [4.69, 9.17) is 16.2 Å². The molecule has 0 aliphatic carbocycles. The molecule has 0 aromatic heterocycles. The molecule has 0 aliphatic heterocycles. The Morgan fingerprint density at radius 3 is 2.45 bits per heavy atom. The number of anilines is 3. The lowest BCUT2D eigenvalue weighted by Crippen LogP contribution is -2.18. The van der Waals surface area contributed by atoms with Crippen LogP contribution in [0.15, 0.2) is 30.3 Å². The van der Waals surface area contributed by atoms with Crippen LogP contribution in [0, 0.1) is 0 Å². The highest BCUT2D eigenvalue weighted by atomic mass is 19.4. The van der Waals surface area contributed by atoms with Crippen LogP contribution in [0.2, 0.25) is 0 Å². The Morgan fingerprint density at radius 2 is 1.86 bits per heavy atom. The summed E-state index contributed by atoms with van der Waals surface area (Å²) < 4.78 is 46.6. The first-order chi connectivity index (χ1) is 13.7. The molecular formula is C20H25F3N4O2. The molecule has 0 aliphatic rings. The first kappa shape index (κ1) is 22.2. The van der Waals surface area contributed by atoms with E-state index in [2.05, 4.69) is 10.6 Å². The molecule has 0 saturated heterocycles. The molecule has 0 bridgehead atoms. The fourth-order valence-electron chi connectivity index (χ4n) is 3.03. The SMILES string of the molecule is CCCNc1c(OC)cc(CNc2ccccc2CC(N)=O)c(C(F)(F)F)c1N. The molecule has 2 rings (SSSR count). The number of carbonyl (C=O) groups excluding carboxylic acids is 1. The summed E-state index contributed by atoms with van der Waals surface area (Å²) in [6.45, 7) is 2.18. The molecule has 0 atom stereocenters. The first-order valence-electron chi connectivity index (χ1n) is 9.09. The van der Waals surface area contributed by atoms with Gasteiger partial charge in [-0.3, -0.25) is 4.79 Å². The molecule has 158 valence electrons. The number of hydrogen-bond acceptors (Lipinski definition) is 5. The van der Waals surface area contributed by atoms with Gasteiger partial charge in [0.25, 0.3) is 0 Å². The number of methoxy groups -OCH3 is 1. The minimum Gasteiger partial charge on any atom is -0.494 e. The summed E-state index contributed by atoms with van der Waals surface area (Å²) in [7, 11) is 1.37. The van der Waals surface area contributed by atoms with Crippen molar-refractivity contribution in [2.45, 2.75) is 32.5 Å². The molecular weight excluding hydrogens is 385 g/mol. The first-order valence-corrected chi connectivity index (χ1v) is 9.09. The minimum atomic E-state index is -4.65. The third-order valence-electron chi connectivity index (χ3n) is 4.32. The van der Waals surface area contributed by atoms with E-state index in [-0.39, 0.29) is 30.0 Å². The lowest BCUT2D eigenvalue weighted by Gasteiger charge is -2.22. The van der Waals surface area contributed by atoms with Crippen molar-refractivity contribution in [2.24, 2.45) is 5.73 Å². The van der Waals surface area contributed by atoms with Crippen molar-refractivity contribution in [3.05, 3.63) is 47.0 Å². The van der Waals surface area contributed by atoms with Gasteiger partial charge in [0.2, 0.25) is 5.91 Å². The van der Waals surface area contributed by atoms with Crippen molar-refractivity contribution >= 4 is 23.0 Å². The van der Waals surface area contributed by atoms with Crippen molar-refractivity contribution in [3.63, 3.8) is 0 Å². The summed E-state index contributed by atoms with van der Waals surface area (Å²) >= 11 is 0. The van der Waals surface area contributed by atoms with Crippen LogP contribution in [0.5, 0.6) is 5.75 Å². The molecule has 0 spiro atoms. The molecule has 0 unspecified atom stereocenters. The number of amides is 1. The fourth-order valence-corrected chi connectivity index (χ4v) is 3.03. The predicted molar refractivity (Wildman–Crippen MR) is 108 cm³/mol. The second kappa shape index (κ2) is 9.40. The lowest BCUT2D eigenvalue weighted by atomic mass is 10.0. The van der Waals surface area contributed by atoms with Crippen LogP contribution in [-0.2, 0) is 23.9 Å². The second-order valence-electron chi connectivity index (χ2n) is 6.48. The van der Waals surface area contributed by atoms with Gasteiger partial charge in [-0.15, -0.1) is 0 Å². The number of primary amides is 1. The average Bonchev–Trinajstić information content (AvgIpc) is 2.64. The van der Waals surface area contributed by atoms with Crippen LogP contribution >= 0.6 is 0 Å². The van der Waals surface area contributed by atoms with Gasteiger partial charge in [-0.25, -0.2) is 0 Å². The molecule has 0 heterocycles. The molecule has 0 saturated carbocycles. The van der Waals surface area contributed by atoms with Gasteiger partial charge in [-0.05, 0) is 29.7 Å². The van der Waals surface area contributed by atoms with Crippen molar-refractivity contribution in [3.8, 4) is 5.75 Å². The molecule has 2 aromatic carbocycles. The van der Waals surface area contributed by atoms with E-state index >= 15 is 0 Å². The molecule has 0 fully saturated rings. The van der Waals surface area contributed by atoms with Crippen molar-refractivity contribution in [1.29, 1.82) is 0 Å². The second-order valence-corrected chi connectivity index (χ2v) is 6.48. The summed E-state index contributed by atoms with van der Waals surface area (Å²) in [6, 6.07) is 8.11. The lowest BCUT2D eigenvalue weighted by molar-refractivity contribution is -0.137. The van der Waals surface area contributed by atoms with Gasteiger partial charge in [0.05, 0.1) is 24.8 Å². The summed E-state index contributed by atoms with van der Waals surface area (Å²) in [5.74, 6) is -0.307. The van der Waals surface area contributed by atoms with Crippen LogP contribution < -0.4 is 26.8 Å². The molecule has 2 aromatic rings. The van der Waals surface area contributed by atoms with E-state index in [1.165, 1.54) is 13.2 Å². The highest BCUT2D eigenvalue weighted by Crippen LogP contribution is 2.44. The number of para-hydroxylation sites is 1. The number of nitrogens with one attached hydrogen (secondary N) is 2. The van der Waals surface area contributed by atoms with Crippen LogP contribution in [0.1, 0.15) is 30.0 Å². The van der Waals surface area contributed by atoms with Crippen LogP contribution in [-0.4, -0.2) is 19.6 Å². The maximum Gasteiger partial charge on any atom is 0.418 e. The largest absolute Gasteiger partial charge is 0.494 e. The van der Waals surface area contributed by atoms with Crippen LogP contribution in [0.4, 0.5) is 30.2 Å². The normalized spacial score (nSPS) is 11.2. The Balaban J connectivity index is 2.45. The van der Waals surface area contributed by atoms with Gasteiger partial charge >= 0.3 is 6.18 Å². The number of halogens is 3. The van der Waals surface area contributed by atoms with Crippen molar-refractivity contribution in [1.82, 2.24) is 0 Å². The number of rotatable bonds is 9. The zero-order chi connectivity index (χ0) is 21.6. The molecule has 6 nitrogen and oxygen atoms in total. The summed E-state index contributed by atoms with van der Waals surface area (Å²) in [5, 5.41) is 5.85. The Bertz CT molecular complexity index is 870. The number of carbonyl (C=O) groups is 1. The maximum atomic E-state index is 13.8. The molecule has 0 radical (unpaired) electrons. The average molecular weight is 410 g/mol. The van der Waals surface area contributed by atoms with Crippen molar-refractivity contribution < 1.29 is 22.7 Å². The van der Waals surface area contributed by atoms with Crippen molar-refractivity contribution in [2.75, 3.05) is 30.0 Å². The highest BCUT2D eigenvalue weighted by Gasteiger charge is 2.37. The van der Waals surface area contributed by atoms with Gasteiger partial charge < -0.3 is 26.8 Å². The summed E-state index contributed by atoms with van der Waals surface area (Å²) in [4.78, 5) is 11.2. The zero-order valence-corrected chi connectivity index (χ0v) is 16.3. The molecule has 1 amide bonds. The van der Waals surface area contributed by atoms with E-state index < -0.39 is 23.3 Å². The monoisotopic (exact) mass is 410 g/mol. The molecule has 29 heavy (non-hydrogen) atoms. The zero-order valence-electron chi connectivity index (χ0n) is 16.3. The minimum absolute atomic E-state index is 0.0271. The van der Waals surface area contributed by atoms with E-state index in [0.29, 0.717) is 24.2 Å². The standard InChI is InChI=1S/C20H25F3N4O2/c1-3-8-26-19-15(29-2)9-13(17(18(19)25)20(21,22)23)11-27-14-7-5-4-6-12(14)10-16(24)28/h4-7,9,26-27H,3,8,10-11,25H2,1-2H3,(H2,24,28). The van der Waals surface area contributed by atoms with E-state index in [9.17, 15) is 18.0 Å². The Morgan fingerprint density at radius 1 is 1.17 bits per heavy atom. The topological polar surface area (TPSA) is 102 Å². The van der Waals surface area contributed by atoms with E-state index in [1.54, 1.807) is 24.3 Å². The predicted octanol–water partition coefficient (Wildman–Crippen LogP) is 3.76. The van der Waals surface area contributed by atoms with E-state index in [0.717, 1.165) is 0 Å². The number of nitrogen functional groups attached to an aromatic ring is 1. The van der Waals surface area contributed by atoms with Gasteiger partial charge in [0.1, 0.15) is 11.4 Å². The number of alkyl halides is 3. The number of benzene rings is 2. The van der Waals surface area contributed by atoms with Crippen LogP contribution in [0.25, 0.3) is 0 Å². The fraction of sp³-hybridized carbons (Fsp3) is 0.350. The maximum absolute atomic E-state index is 13.8. The Hall–Kier alpha value is -3.10. The Kier molecular flexibility index (Phi) is 7.19. The highest BCUT2D eigenvalue weighted by molar-refractivity contribution is 5.80. The van der Waals surface area contributed by atoms with Gasteiger partial charge in [0, 0.05) is 18.8 Å².